The van der Waals surface area contributed by atoms with Crippen LogP contribution in [0.4, 0.5) is 0 Å². The van der Waals surface area contributed by atoms with Gasteiger partial charge in [-0.3, -0.25) is 0 Å². The van der Waals surface area contributed by atoms with E-state index in [-0.39, 0.29) is 17.5 Å². The molecule has 0 spiro atoms. The van der Waals surface area contributed by atoms with Crippen LogP contribution < -0.4 is 27.3 Å². The van der Waals surface area contributed by atoms with Crippen LogP contribution in [-0.2, 0) is 10.8 Å². The third-order valence-corrected chi connectivity index (χ3v) is 14.9. The van der Waals surface area contributed by atoms with Crippen LogP contribution in [0.25, 0.3) is 56.0 Å². The third kappa shape index (κ3) is 7.75. The predicted octanol–water partition coefficient (Wildman–Crippen LogP) is 13.2. The number of hydrogen-bond acceptors (Lipinski definition) is 0. The van der Waals surface area contributed by atoms with Gasteiger partial charge in [-0.25, -0.2) is 0 Å². The summed E-state index contributed by atoms with van der Waals surface area (Å²) in [4.78, 5) is 0. The highest BCUT2D eigenvalue weighted by atomic mass is 14.4. The molecule has 320 valence electrons. The molecule has 0 fully saturated rings. The molecule has 12 rings (SSSR count). The molecule has 0 bridgehead atoms. The molecule has 0 aromatic heterocycles. The zero-order chi connectivity index (χ0) is 45.7. The minimum absolute atomic E-state index is 0.00577. The molecule has 0 aliphatic heterocycles. The van der Waals surface area contributed by atoms with Gasteiger partial charge in [-0.2, -0.15) is 0 Å². The lowest BCUT2D eigenvalue weighted by molar-refractivity contribution is 0.660. The Morgan fingerprint density at radius 1 is 0.299 bits per heavy atom. The Labute approximate surface area is 397 Å². The van der Waals surface area contributed by atoms with E-state index in [1.165, 1.54) is 104 Å². The summed E-state index contributed by atoms with van der Waals surface area (Å²) in [6.45, 7) is 12.3. The van der Waals surface area contributed by atoms with Crippen molar-refractivity contribution >= 4 is 74.4 Å². The summed E-state index contributed by atoms with van der Waals surface area (Å²) in [5, 5.41) is 5.18. The largest absolute Gasteiger partial charge is 0.241 e. The van der Waals surface area contributed by atoms with E-state index in [1.807, 2.05) is 0 Å². The predicted molar refractivity (Wildman–Crippen MR) is 293 cm³/mol. The van der Waals surface area contributed by atoms with Crippen molar-refractivity contribution in [2.24, 2.45) is 0 Å². The van der Waals surface area contributed by atoms with Crippen molar-refractivity contribution in [3.63, 3.8) is 0 Å². The Bertz CT molecular complexity index is 3490. The second kappa shape index (κ2) is 17.1. The van der Waals surface area contributed by atoms with E-state index in [2.05, 4.69) is 271 Å². The van der Waals surface area contributed by atoms with Gasteiger partial charge in [0.25, 0.3) is 0 Å². The number of hydrogen-bond donors (Lipinski definition) is 0. The Morgan fingerprint density at radius 2 is 0.701 bits per heavy atom. The van der Waals surface area contributed by atoms with Gasteiger partial charge in [-0.05, 0) is 77.2 Å². The van der Waals surface area contributed by atoms with Gasteiger partial charge in [0, 0.05) is 10.8 Å². The molecule has 0 saturated heterocycles. The van der Waals surface area contributed by atoms with Gasteiger partial charge in [0.15, 0.2) is 0 Å². The van der Waals surface area contributed by atoms with Gasteiger partial charge in [0.05, 0.1) is 0 Å². The second-order valence-electron chi connectivity index (χ2n) is 19.7. The van der Waals surface area contributed by atoms with Crippen molar-refractivity contribution in [2.75, 3.05) is 0 Å². The molecule has 0 heterocycles. The highest BCUT2D eigenvalue weighted by Crippen LogP contribution is 2.50. The first kappa shape index (κ1) is 42.2. The van der Waals surface area contributed by atoms with Gasteiger partial charge in [0.2, 0.25) is 13.4 Å². The highest BCUT2D eigenvalue weighted by Gasteiger charge is 2.37. The quantitative estimate of drug-likeness (QED) is 0.111. The molecule has 0 atom stereocenters. The summed E-state index contributed by atoms with van der Waals surface area (Å²) in [6, 6.07) is 82.6. The normalized spacial score (nSPS) is 13.6. The lowest BCUT2D eigenvalue weighted by Crippen LogP contribution is -2.52. The summed E-state index contributed by atoms with van der Waals surface area (Å²) in [5.41, 5.74) is 20.2. The van der Waals surface area contributed by atoms with Gasteiger partial charge < -0.3 is 0 Å². The molecule has 67 heavy (non-hydrogen) atoms. The zero-order valence-electron chi connectivity index (χ0n) is 39.2. The van der Waals surface area contributed by atoms with E-state index in [1.54, 1.807) is 0 Å². The molecular formula is C65H54B2. The third-order valence-electron chi connectivity index (χ3n) is 14.9. The van der Waals surface area contributed by atoms with E-state index in [4.69, 9.17) is 0 Å². The SMILES string of the molecule is CB(c1ccccc1)c1ccc2ccccc2c1.CC1(C)c2ccccc2-c2ccc(/C=C/c3ccc4c(c3)C(C)(C)c3cc(B(c5ccccc5)c5ccc6ccccc6c5)ccc3-4)cc21. The first-order chi connectivity index (χ1) is 32.6. The molecule has 2 aliphatic rings. The van der Waals surface area contributed by atoms with E-state index in [0.717, 1.165) is 0 Å². The summed E-state index contributed by atoms with van der Waals surface area (Å²) in [5.74, 6) is 0. The van der Waals surface area contributed by atoms with Crippen molar-refractivity contribution in [3.05, 3.63) is 258 Å². The van der Waals surface area contributed by atoms with Gasteiger partial charge in [-0.15, -0.1) is 0 Å². The van der Waals surface area contributed by atoms with Crippen LogP contribution in [0.15, 0.2) is 224 Å². The maximum atomic E-state index is 2.49. The lowest BCUT2D eigenvalue weighted by Gasteiger charge is -2.24. The van der Waals surface area contributed by atoms with Crippen LogP contribution in [-0.4, -0.2) is 13.4 Å². The molecular weight excluding hydrogens is 802 g/mol. The van der Waals surface area contributed by atoms with Gasteiger partial charge in [0.1, 0.15) is 0 Å². The van der Waals surface area contributed by atoms with Crippen LogP contribution in [0.1, 0.15) is 61.1 Å². The van der Waals surface area contributed by atoms with Crippen molar-refractivity contribution < 1.29 is 0 Å². The lowest BCUT2D eigenvalue weighted by atomic mass is 9.36. The average Bonchev–Trinajstić information content (AvgIpc) is 3.74. The fourth-order valence-corrected chi connectivity index (χ4v) is 11.1. The molecule has 2 heteroatoms. The van der Waals surface area contributed by atoms with Gasteiger partial charge in [-0.1, -0.05) is 298 Å². The number of benzene rings is 10. The van der Waals surface area contributed by atoms with E-state index < -0.39 is 0 Å². The zero-order valence-corrected chi connectivity index (χ0v) is 39.2. The van der Waals surface area contributed by atoms with E-state index in [0.29, 0.717) is 6.71 Å². The van der Waals surface area contributed by atoms with Gasteiger partial charge >= 0.3 is 0 Å². The van der Waals surface area contributed by atoms with E-state index in [9.17, 15) is 0 Å². The maximum absolute atomic E-state index is 2.49. The second-order valence-corrected chi connectivity index (χ2v) is 19.7. The molecule has 2 aliphatic carbocycles. The van der Waals surface area contributed by atoms with Crippen molar-refractivity contribution in [1.29, 1.82) is 0 Å². The first-order valence-electron chi connectivity index (χ1n) is 23.9. The minimum Gasteiger partial charge on any atom is -0.0774 e. The topological polar surface area (TPSA) is 0 Å². The fraction of sp³-hybridized carbons (Fsp3) is 0.108. The van der Waals surface area contributed by atoms with Crippen LogP contribution in [0, 0.1) is 0 Å². The number of fused-ring (bicyclic) bond motifs is 8. The van der Waals surface area contributed by atoms with Crippen molar-refractivity contribution in [3.8, 4) is 22.3 Å². The van der Waals surface area contributed by atoms with E-state index >= 15 is 0 Å². The monoisotopic (exact) mass is 856 g/mol. The number of rotatable bonds is 7. The van der Waals surface area contributed by atoms with Crippen LogP contribution in [0.3, 0.4) is 0 Å². The van der Waals surface area contributed by atoms with Crippen LogP contribution in [0.5, 0.6) is 0 Å². The molecule has 0 N–H and O–H groups in total. The molecule has 0 nitrogen and oxygen atoms in total. The summed E-state index contributed by atoms with van der Waals surface area (Å²) in [6.07, 6.45) is 4.56. The Kier molecular flexibility index (Phi) is 10.8. The molecule has 0 unspecified atom stereocenters. The summed E-state index contributed by atoms with van der Waals surface area (Å²) >= 11 is 0. The maximum Gasteiger partial charge on any atom is 0.241 e. The van der Waals surface area contributed by atoms with Crippen LogP contribution in [0.2, 0.25) is 6.82 Å². The Balaban J connectivity index is 0.000000229. The first-order valence-corrected chi connectivity index (χ1v) is 23.9. The summed E-state index contributed by atoms with van der Waals surface area (Å²) < 4.78 is 0. The smallest absolute Gasteiger partial charge is 0.0774 e. The molecule has 0 amide bonds. The minimum atomic E-state index is -0.113. The Hall–Kier alpha value is -7.41. The highest BCUT2D eigenvalue weighted by molar-refractivity contribution is 6.95. The standard InChI is InChI=1S/C48H39B.C17H15B/c1-47(2)43-17-11-10-16-39(43)40-25-20-32(28-44(40)47)18-19-33-21-26-41-42-27-24-38(31-46(42)48(3,4)45(41)29-33)49(36-14-6-5-7-15-36)37-23-22-34-12-8-9-13-35(34)30-37;1-18(16-9-3-2-4-10-16)17-12-11-14-7-5-6-8-15(14)13-17/h5-31H,1-4H3;2-13H,1H3/b19-18+;. The summed E-state index contributed by atoms with van der Waals surface area (Å²) in [7, 11) is 0. The van der Waals surface area contributed by atoms with Crippen molar-refractivity contribution in [2.45, 2.75) is 45.3 Å². The van der Waals surface area contributed by atoms with Crippen LogP contribution >= 0.6 is 0 Å². The Morgan fingerprint density at radius 3 is 1.30 bits per heavy atom. The molecule has 0 saturated carbocycles. The average molecular weight is 857 g/mol. The fourth-order valence-electron chi connectivity index (χ4n) is 11.1. The van der Waals surface area contributed by atoms with Crippen molar-refractivity contribution in [1.82, 2.24) is 0 Å². The molecule has 0 radical (unpaired) electrons. The molecule has 10 aromatic rings. The molecule has 10 aromatic carbocycles.